The van der Waals surface area contributed by atoms with E-state index in [0.717, 1.165) is 42.1 Å². The molecule has 3 aromatic carbocycles. The molecule has 1 aliphatic rings. The Morgan fingerprint density at radius 3 is 2.32 bits per heavy atom. The van der Waals surface area contributed by atoms with E-state index in [1.165, 1.54) is 11.8 Å². The number of benzene rings is 3. The van der Waals surface area contributed by atoms with E-state index in [1.54, 1.807) is 6.07 Å². The molecule has 2 amide bonds. The average Bonchev–Trinajstić information content (AvgIpc) is 2.88. The zero-order valence-corrected chi connectivity index (χ0v) is 20.3. The SMILES string of the molecule is CC1CCN(c2ccc(NC(=O)CSc3ccccc3)cc2C(=O)NCc2ccccc2)CC1. The number of nitrogens with zero attached hydrogens (tertiary/aromatic N) is 1. The van der Waals surface area contributed by atoms with Gasteiger partial charge in [0, 0.05) is 35.9 Å². The minimum absolute atomic E-state index is 0.0935. The second-order valence-electron chi connectivity index (χ2n) is 8.72. The minimum atomic E-state index is -0.132. The number of anilines is 2. The summed E-state index contributed by atoms with van der Waals surface area (Å²) >= 11 is 1.49. The van der Waals surface area contributed by atoms with Crippen molar-refractivity contribution in [3.05, 3.63) is 90.0 Å². The number of carbonyl (C=O) groups is 2. The Kier molecular flexibility index (Phi) is 8.26. The lowest BCUT2D eigenvalue weighted by molar-refractivity contribution is -0.113. The van der Waals surface area contributed by atoms with E-state index in [1.807, 2.05) is 72.8 Å². The molecule has 6 heteroatoms. The van der Waals surface area contributed by atoms with Crippen LogP contribution < -0.4 is 15.5 Å². The van der Waals surface area contributed by atoms with Gasteiger partial charge >= 0.3 is 0 Å². The summed E-state index contributed by atoms with van der Waals surface area (Å²) in [6.45, 7) is 4.59. The number of thioether (sulfide) groups is 1. The molecule has 0 bridgehead atoms. The minimum Gasteiger partial charge on any atom is -0.371 e. The van der Waals surface area contributed by atoms with Crippen molar-refractivity contribution < 1.29 is 9.59 Å². The molecule has 0 aromatic heterocycles. The Labute approximate surface area is 205 Å². The first-order valence-corrected chi connectivity index (χ1v) is 12.8. The zero-order chi connectivity index (χ0) is 23.8. The van der Waals surface area contributed by atoms with E-state index in [9.17, 15) is 9.59 Å². The lowest BCUT2D eigenvalue weighted by Gasteiger charge is -2.33. The van der Waals surface area contributed by atoms with Crippen LogP contribution in [0.1, 0.15) is 35.7 Å². The summed E-state index contributed by atoms with van der Waals surface area (Å²) in [5.41, 5.74) is 3.21. The monoisotopic (exact) mass is 473 g/mol. The Hall–Kier alpha value is -3.25. The van der Waals surface area contributed by atoms with Crippen molar-refractivity contribution >= 4 is 35.0 Å². The molecule has 4 rings (SSSR count). The molecule has 1 aliphatic heterocycles. The first-order chi connectivity index (χ1) is 16.6. The summed E-state index contributed by atoms with van der Waals surface area (Å²) in [6.07, 6.45) is 2.22. The summed E-state index contributed by atoms with van der Waals surface area (Å²) in [5, 5.41) is 6.01. The number of amides is 2. The Morgan fingerprint density at radius 2 is 1.62 bits per heavy atom. The molecule has 2 N–H and O–H groups in total. The largest absolute Gasteiger partial charge is 0.371 e. The quantitative estimate of drug-likeness (QED) is 0.419. The highest BCUT2D eigenvalue weighted by atomic mass is 32.2. The van der Waals surface area contributed by atoms with Crippen molar-refractivity contribution in [3.8, 4) is 0 Å². The molecular formula is C28H31N3O2S. The fraction of sp³-hybridized carbons (Fsp3) is 0.286. The summed E-state index contributed by atoms with van der Waals surface area (Å²) in [5.74, 6) is 0.786. The maximum Gasteiger partial charge on any atom is 0.253 e. The molecule has 3 aromatic rings. The van der Waals surface area contributed by atoms with E-state index in [0.29, 0.717) is 29.5 Å². The molecule has 0 spiro atoms. The molecule has 1 saturated heterocycles. The van der Waals surface area contributed by atoms with Crippen LogP contribution in [-0.4, -0.2) is 30.7 Å². The van der Waals surface area contributed by atoms with Crippen molar-refractivity contribution in [1.82, 2.24) is 5.32 Å². The van der Waals surface area contributed by atoms with Crippen LogP contribution in [0.2, 0.25) is 0 Å². The lowest BCUT2D eigenvalue weighted by atomic mass is 9.97. The summed E-state index contributed by atoms with van der Waals surface area (Å²) < 4.78 is 0. The Bertz CT molecular complexity index is 1100. The van der Waals surface area contributed by atoms with Gasteiger partial charge in [0.1, 0.15) is 0 Å². The predicted octanol–water partition coefficient (Wildman–Crippen LogP) is 5.58. The fourth-order valence-corrected chi connectivity index (χ4v) is 4.78. The standard InChI is InChI=1S/C28H31N3O2S/c1-21-14-16-31(17-15-21)26-13-12-23(30-27(32)20-34-24-10-6-3-7-11-24)18-25(26)28(33)29-19-22-8-4-2-5-9-22/h2-13,18,21H,14-17,19-20H2,1H3,(H,29,33)(H,30,32). The number of rotatable bonds is 8. The van der Waals surface area contributed by atoms with Crippen LogP contribution in [0.25, 0.3) is 0 Å². The van der Waals surface area contributed by atoms with E-state index in [2.05, 4.69) is 22.5 Å². The molecule has 0 aliphatic carbocycles. The summed E-state index contributed by atoms with van der Waals surface area (Å²) in [6, 6.07) is 25.4. The number of hydrogen-bond acceptors (Lipinski definition) is 4. The van der Waals surface area contributed by atoms with Gasteiger partial charge in [0.2, 0.25) is 5.91 Å². The fourth-order valence-electron chi connectivity index (χ4n) is 4.06. The second-order valence-corrected chi connectivity index (χ2v) is 9.77. The summed E-state index contributed by atoms with van der Waals surface area (Å²) in [4.78, 5) is 29.1. The van der Waals surface area contributed by atoms with E-state index < -0.39 is 0 Å². The maximum atomic E-state index is 13.2. The van der Waals surface area contributed by atoms with Crippen LogP contribution in [0, 0.1) is 5.92 Å². The van der Waals surface area contributed by atoms with Crippen molar-refractivity contribution in [3.63, 3.8) is 0 Å². The second kappa shape index (κ2) is 11.7. The topological polar surface area (TPSA) is 61.4 Å². The van der Waals surface area contributed by atoms with Crippen LogP contribution in [0.15, 0.2) is 83.8 Å². The van der Waals surface area contributed by atoms with Gasteiger partial charge in [-0.15, -0.1) is 11.8 Å². The Morgan fingerprint density at radius 1 is 0.941 bits per heavy atom. The molecule has 176 valence electrons. The molecule has 1 fully saturated rings. The van der Waals surface area contributed by atoms with Crippen molar-refractivity contribution in [2.75, 3.05) is 29.1 Å². The van der Waals surface area contributed by atoms with Crippen LogP contribution in [-0.2, 0) is 11.3 Å². The van der Waals surface area contributed by atoms with Gasteiger partial charge in [-0.05, 0) is 54.7 Å². The van der Waals surface area contributed by atoms with Gasteiger partial charge in [-0.3, -0.25) is 9.59 Å². The zero-order valence-electron chi connectivity index (χ0n) is 19.5. The number of nitrogens with one attached hydrogen (secondary N) is 2. The highest BCUT2D eigenvalue weighted by Gasteiger charge is 2.22. The van der Waals surface area contributed by atoms with Gasteiger partial charge in [-0.1, -0.05) is 55.5 Å². The molecule has 0 unspecified atom stereocenters. The van der Waals surface area contributed by atoms with Gasteiger partial charge in [0.05, 0.1) is 11.3 Å². The van der Waals surface area contributed by atoms with E-state index in [4.69, 9.17) is 0 Å². The molecule has 1 heterocycles. The average molecular weight is 474 g/mol. The van der Waals surface area contributed by atoms with Crippen molar-refractivity contribution in [1.29, 1.82) is 0 Å². The molecule has 0 radical (unpaired) electrons. The lowest BCUT2D eigenvalue weighted by Crippen LogP contribution is -2.35. The van der Waals surface area contributed by atoms with Crippen molar-refractivity contribution in [2.45, 2.75) is 31.2 Å². The van der Waals surface area contributed by atoms with Gasteiger partial charge in [0.15, 0.2) is 0 Å². The van der Waals surface area contributed by atoms with Crippen molar-refractivity contribution in [2.24, 2.45) is 5.92 Å². The predicted molar refractivity (Wildman–Crippen MR) is 140 cm³/mol. The van der Waals surface area contributed by atoms with E-state index in [-0.39, 0.29) is 11.8 Å². The molecule has 0 saturated carbocycles. The number of piperidine rings is 1. The third-order valence-corrected chi connectivity index (χ3v) is 7.07. The normalized spacial score (nSPS) is 14.0. The first-order valence-electron chi connectivity index (χ1n) is 11.8. The van der Waals surface area contributed by atoms with Crippen LogP contribution in [0.5, 0.6) is 0 Å². The van der Waals surface area contributed by atoms with Gasteiger partial charge in [-0.2, -0.15) is 0 Å². The molecule has 5 nitrogen and oxygen atoms in total. The molecule has 34 heavy (non-hydrogen) atoms. The number of carbonyl (C=O) groups excluding carboxylic acids is 2. The third-order valence-electron chi connectivity index (χ3n) is 6.06. The maximum absolute atomic E-state index is 13.2. The smallest absolute Gasteiger partial charge is 0.253 e. The van der Waals surface area contributed by atoms with Crippen LogP contribution in [0.4, 0.5) is 11.4 Å². The number of hydrogen-bond donors (Lipinski definition) is 2. The van der Waals surface area contributed by atoms with Crippen LogP contribution >= 0.6 is 11.8 Å². The summed E-state index contributed by atoms with van der Waals surface area (Å²) in [7, 11) is 0. The van der Waals surface area contributed by atoms with Gasteiger partial charge in [0.25, 0.3) is 5.91 Å². The Balaban J connectivity index is 1.48. The molecule has 0 atom stereocenters. The van der Waals surface area contributed by atoms with Crippen LogP contribution in [0.3, 0.4) is 0 Å². The first kappa shape index (κ1) is 23.9. The third kappa shape index (κ3) is 6.64. The molecular weight excluding hydrogens is 442 g/mol. The highest BCUT2D eigenvalue weighted by Crippen LogP contribution is 2.29. The van der Waals surface area contributed by atoms with Gasteiger partial charge in [-0.25, -0.2) is 0 Å². The van der Waals surface area contributed by atoms with Gasteiger partial charge < -0.3 is 15.5 Å². The van der Waals surface area contributed by atoms with E-state index >= 15 is 0 Å². The highest BCUT2D eigenvalue weighted by molar-refractivity contribution is 8.00.